The molecule has 0 spiro atoms. The average Bonchev–Trinajstić information content (AvgIpc) is 2.46. The van der Waals surface area contributed by atoms with Gasteiger partial charge in [0.05, 0.1) is 11.8 Å². The fourth-order valence-corrected chi connectivity index (χ4v) is 3.46. The first-order chi connectivity index (χ1) is 10.0. The molecule has 0 bridgehead atoms. The molecule has 5 heteroatoms. The molecule has 0 saturated heterocycles. The van der Waals surface area contributed by atoms with E-state index in [1.807, 2.05) is 0 Å². The SMILES string of the molecule is CC(=O)NC1=CC=C(Br)C2C(=O)c3ccccc3C(=O)C12. The maximum Gasteiger partial charge on any atom is 0.221 e. The second-order valence-electron chi connectivity index (χ2n) is 5.08. The van der Waals surface area contributed by atoms with Gasteiger partial charge in [-0.05, 0) is 12.2 Å². The lowest BCUT2D eigenvalue weighted by molar-refractivity contribution is -0.118. The van der Waals surface area contributed by atoms with Crippen LogP contribution < -0.4 is 5.32 Å². The summed E-state index contributed by atoms with van der Waals surface area (Å²) in [5, 5.41) is 2.67. The van der Waals surface area contributed by atoms with E-state index >= 15 is 0 Å². The summed E-state index contributed by atoms with van der Waals surface area (Å²) in [7, 11) is 0. The van der Waals surface area contributed by atoms with E-state index in [1.165, 1.54) is 6.92 Å². The van der Waals surface area contributed by atoms with Gasteiger partial charge >= 0.3 is 0 Å². The summed E-state index contributed by atoms with van der Waals surface area (Å²) in [6.45, 7) is 1.38. The predicted octanol–water partition coefficient (Wildman–Crippen LogP) is 2.61. The molecule has 1 N–H and O–H groups in total. The van der Waals surface area contributed by atoms with Gasteiger partial charge in [-0.15, -0.1) is 0 Å². The Labute approximate surface area is 130 Å². The first kappa shape index (κ1) is 13.9. The first-order valence-electron chi connectivity index (χ1n) is 6.53. The zero-order chi connectivity index (χ0) is 15.1. The van der Waals surface area contributed by atoms with Gasteiger partial charge in [0.2, 0.25) is 5.91 Å². The number of hydrogen-bond donors (Lipinski definition) is 1. The second kappa shape index (κ2) is 5.07. The number of Topliss-reactive ketones (excluding diaryl/α,β-unsaturated/α-hetero) is 2. The molecule has 4 nitrogen and oxygen atoms in total. The zero-order valence-electron chi connectivity index (χ0n) is 11.2. The fraction of sp³-hybridized carbons (Fsp3) is 0.188. The monoisotopic (exact) mass is 345 g/mol. The Hall–Kier alpha value is -2.01. The van der Waals surface area contributed by atoms with Gasteiger partial charge < -0.3 is 5.32 Å². The van der Waals surface area contributed by atoms with Crippen LogP contribution in [0.1, 0.15) is 27.6 Å². The predicted molar refractivity (Wildman–Crippen MR) is 81.0 cm³/mol. The molecule has 0 heterocycles. The van der Waals surface area contributed by atoms with Crippen molar-refractivity contribution in [3.8, 4) is 0 Å². The van der Waals surface area contributed by atoms with Crippen LogP contribution in [0.4, 0.5) is 0 Å². The number of hydrogen-bond acceptors (Lipinski definition) is 3. The minimum absolute atomic E-state index is 0.103. The van der Waals surface area contributed by atoms with E-state index in [1.54, 1.807) is 36.4 Å². The van der Waals surface area contributed by atoms with Crippen molar-refractivity contribution in [1.82, 2.24) is 5.32 Å². The van der Waals surface area contributed by atoms with Gasteiger partial charge in [0, 0.05) is 28.2 Å². The number of allylic oxidation sites excluding steroid dienone is 4. The molecule has 0 aliphatic heterocycles. The standard InChI is InChI=1S/C16H12BrNO3/c1-8(19)18-12-7-6-11(17)13-14(12)16(21)10-5-3-2-4-9(10)15(13)20/h2-7,13-14H,1H3,(H,18,19). The first-order valence-corrected chi connectivity index (χ1v) is 7.32. The Bertz CT molecular complexity index is 733. The van der Waals surface area contributed by atoms with Crippen molar-refractivity contribution < 1.29 is 14.4 Å². The topological polar surface area (TPSA) is 63.2 Å². The van der Waals surface area contributed by atoms with E-state index in [-0.39, 0.29) is 17.5 Å². The number of halogens is 1. The summed E-state index contributed by atoms with van der Waals surface area (Å²) in [4.78, 5) is 36.7. The van der Waals surface area contributed by atoms with Crippen molar-refractivity contribution in [2.24, 2.45) is 11.8 Å². The number of nitrogens with one attached hydrogen (secondary N) is 1. The van der Waals surface area contributed by atoms with Crippen molar-refractivity contribution in [2.75, 3.05) is 0 Å². The second-order valence-corrected chi connectivity index (χ2v) is 6.00. The van der Waals surface area contributed by atoms with Crippen LogP contribution in [-0.4, -0.2) is 17.5 Å². The van der Waals surface area contributed by atoms with Crippen molar-refractivity contribution in [3.05, 3.63) is 57.7 Å². The minimum atomic E-state index is -0.671. The third-order valence-corrected chi connectivity index (χ3v) is 4.49. The number of fused-ring (bicyclic) bond motifs is 2. The summed E-state index contributed by atoms with van der Waals surface area (Å²) in [5.74, 6) is -1.77. The highest BCUT2D eigenvalue weighted by Gasteiger charge is 2.45. The lowest BCUT2D eigenvalue weighted by atomic mass is 9.71. The van der Waals surface area contributed by atoms with Gasteiger partial charge in [-0.3, -0.25) is 14.4 Å². The van der Waals surface area contributed by atoms with Crippen LogP contribution in [0.3, 0.4) is 0 Å². The van der Waals surface area contributed by atoms with Crippen molar-refractivity contribution in [3.63, 3.8) is 0 Å². The van der Waals surface area contributed by atoms with Gasteiger partial charge in [0.25, 0.3) is 0 Å². The number of amides is 1. The molecule has 1 amide bonds. The van der Waals surface area contributed by atoms with E-state index in [4.69, 9.17) is 0 Å². The molecule has 1 aromatic rings. The summed E-state index contributed by atoms with van der Waals surface area (Å²) < 4.78 is 0.662. The van der Waals surface area contributed by atoms with E-state index in [2.05, 4.69) is 21.2 Å². The Balaban J connectivity index is 2.15. The molecule has 0 aromatic heterocycles. The Morgan fingerprint density at radius 1 is 1.05 bits per heavy atom. The molecule has 2 atom stereocenters. The molecule has 3 rings (SSSR count). The van der Waals surface area contributed by atoms with Crippen LogP contribution in [-0.2, 0) is 4.79 Å². The van der Waals surface area contributed by atoms with Gasteiger partial charge in [-0.2, -0.15) is 0 Å². The van der Waals surface area contributed by atoms with Crippen molar-refractivity contribution in [2.45, 2.75) is 6.92 Å². The summed E-state index contributed by atoms with van der Waals surface area (Å²) in [6, 6.07) is 6.81. The highest BCUT2D eigenvalue weighted by atomic mass is 79.9. The van der Waals surface area contributed by atoms with Gasteiger partial charge in [0.15, 0.2) is 11.6 Å². The number of rotatable bonds is 1. The highest BCUT2D eigenvalue weighted by molar-refractivity contribution is 9.11. The largest absolute Gasteiger partial charge is 0.329 e. The zero-order valence-corrected chi connectivity index (χ0v) is 12.8. The minimum Gasteiger partial charge on any atom is -0.329 e. The van der Waals surface area contributed by atoms with E-state index in [0.29, 0.717) is 21.3 Å². The summed E-state index contributed by atoms with van der Waals surface area (Å²) in [6.07, 6.45) is 3.39. The molecule has 106 valence electrons. The molecule has 0 saturated carbocycles. The van der Waals surface area contributed by atoms with Crippen LogP contribution in [0, 0.1) is 11.8 Å². The van der Waals surface area contributed by atoms with Crippen molar-refractivity contribution in [1.29, 1.82) is 0 Å². The molecule has 1 aromatic carbocycles. The molecular formula is C16H12BrNO3. The quantitative estimate of drug-likeness (QED) is 0.850. The Morgan fingerprint density at radius 2 is 1.62 bits per heavy atom. The van der Waals surface area contributed by atoms with Crippen LogP contribution in [0.15, 0.2) is 46.6 Å². The van der Waals surface area contributed by atoms with Gasteiger partial charge in [-0.25, -0.2) is 0 Å². The highest BCUT2D eigenvalue weighted by Crippen LogP contribution is 2.42. The maximum atomic E-state index is 12.7. The summed E-state index contributed by atoms with van der Waals surface area (Å²) >= 11 is 3.37. The summed E-state index contributed by atoms with van der Waals surface area (Å²) in [5.41, 5.74) is 1.34. The molecule has 2 unspecified atom stereocenters. The molecule has 2 aliphatic carbocycles. The Kier molecular flexibility index (Phi) is 3.37. The third-order valence-electron chi connectivity index (χ3n) is 3.73. The average molecular weight is 346 g/mol. The number of ketones is 2. The smallest absolute Gasteiger partial charge is 0.221 e. The maximum absolute atomic E-state index is 12.7. The van der Waals surface area contributed by atoms with Gasteiger partial charge in [-0.1, -0.05) is 40.2 Å². The number of benzene rings is 1. The van der Waals surface area contributed by atoms with E-state index in [9.17, 15) is 14.4 Å². The van der Waals surface area contributed by atoms with Gasteiger partial charge in [0.1, 0.15) is 0 Å². The molecule has 21 heavy (non-hydrogen) atoms. The normalized spacial score (nSPS) is 23.7. The fourth-order valence-electron chi connectivity index (χ4n) is 2.86. The van der Waals surface area contributed by atoms with Crippen LogP contribution in [0.25, 0.3) is 0 Å². The molecule has 2 aliphatic rings. The van der Waals surface area contributed by atoms with Crippen LogP contribution in [0.5, 0.6) is 0 Å². The van der Waals surface area contributed by atoms with E-state index < -0.39 is 11.8 Å². The van der Waals surface area contributed by atoms with Crippen LogP contribution >= 0.6 is 15.9 Å². The van der Waals surface area contributed by atoms with Crippen molar-refractivity contribution >= 4 is 33.4 Å². The van der Waals surface area contributed by atoms with E-state index in [0.717, 1.165) is 0 Å². The lowest BCUT2D eigenvalue weighted by Gasteiger charge is -2.34. The van der Waals surface area contributed by atoms with Crippen LogP contribution in [0.2, 0.25) is 0 Å². The number of carbonyl (C=O) groups is 3. The third kappa shape index (κ3) is 2.17. The molecule has 0 fully saturated rings. The lowest BCUT2D eigenvalue weighted by Crippen LogP contribution is -2.43. The Morgan fingerprint density at radius 3 is 2.19 bits per heavy atom. The molecular weight excluding hydrogens is 334 g/mol. The molecule has 0 radical (unpaired) electrons. The number of carbonyl (C=O) groups excluding carboxylic acids is 3.